The van der Waals surface area contributed by atoms with Crippen molar-refractivity contribution >= 4 is 17.3 Å². The highest BCUT2D eigenvalue weighted by atomic mass is 32.1. The lowest BCUT2D eigenvalue weighted by atomic mass is 10.0. The van der Waals surface area contributed by atoms with Crippen LogP contribution in [0.25, 0.3) is 0 Å². The summed E-state index contributed by atoms with van der Waals surface area (Å²) in [6.07, 6.45) is 7.86. The number of benzene rings is 1. The molecule has 0 radical (unpaired) electrons. The van der Waals surface area contributed by atoms with E-state index in [1.807, 2.05) is 29.5 Å². The number of ether oxygens (including phenoxy) is 1. The van der Waals surface area contributed by atoms with Crippen LogP contribution in [0.3, 0.4) is 0 Å². The number of nitrogens with one attached hydrogen (secondary N) is 1. The number of nitrogens with zero attached hydrogens (tertiary/aromatic N) is 2. The van der Waals surface area contributed by atoms with Gasteiger partial charge in [-0.2, -0.15) is 0 Å². The lowest BCUT2D eigenvalue weighted by Crippen LogP contribution is -2.37. The average molecular weight is 371 g/mol. The third-order valence-electron chi connectivity index (χ3n) is 5.00. The van der Waals surface area contributed by atoms with Gasteiger partial charge in [0.15, 0.2) is 5.96 Å². The molecule has 2 heterocycles. The Morgan fingerprint density at radius 3 is 3.12 bits per heavy atom. The van der Waals surface area contributed by atoms with Gasteiger partial charge in [0.2, 0.25) is 0 Å². The minimum absolute atomic E-state index is 0.175. The molecule has 1 aliphatic heterocycles. The van der Waals surface area contributed by atoms with Crippen LogP contribution in [0.15, 0.2) is 29.3 Å². The van der Waals surface area contributed by atoms with Gasteiger partial charge < -0.3 is 15.8 Å². The summed E-state index contributed by atoms with van der Waals surface area (Å²) in [5.74, 6) is 1.46. The van der Waals surface area contributed by atoms with Crippen LogP contribution in [0.1, 0.15) is 52.9 Å². The van der Waals surface area contributed by atoms with Gasteiger partial charge in [0.05, 0.1) is 23.4 Å². The molecule has 1 aliphatic carbocycles. The zero-order valence-electron chi connectivity index (χ0n) is 15.0. The molecule has 26 heavy (non-hydrogen) atoms. The van der Waals surface area contributed by atoms with E-state index in [0.717, 1.165) is 43.5 Å². The zero-order valence-corrected chi connectivity index (χ0v) is 15.9. The zero-order chi connectivity index (χ0) is 17.8. The van der Waals surface area contributed by atoms with E-state index in [2.05, 4.69) is 16.4 Å². The molecule has 6 heteroatoms. The SMILES string of the molecule is NC(=NCCCc1nc2c(s1)CCCC2)NC1CCOc2ccccc21. The van der Waals surface area contributed by atoms with Crippen LogP contribution in [0.4, 0.5) is 0 Å². The monoisotopic (exact) mass is 370 g/mol. The lowest BCUT2D eigenvalue weighted by Gasteiger charge is -2.26. The third-order valence-corrected chi connectivity index (χ3v) is 6.22. The number of guanidine groups is 1. The number of hydrogen-bond donors (Lipinski definition) is 2. The Labute approximate surface area is 158 Å². The van der Waals surface area contributed by atoms with Gasteiger partial charge in [-0.1, -0.05) is 18.2 Å². The summed E-state index contributed by atoms with van der Waals surface area (Å²) in [4.78, 5) is 10.8. The maximum Gasteiger partial charge on any atom is 0.189 e. The van der Waals surface area contributed by atoms with E-state index in [1.165, 1.54) is 34.8 Å². The lowest BCUT2D eigenvalue weighted by molar-refractivity contribution is 0.262. The molecule has 2 aromatic rings. The van der Waals surface area contributed by atoms with Crippen molar-refractivity contribution in [3.8, 4) is 5.75 Å². The Morgan fingerprint density at radius 2 is 2.19 bits per heavy atom. The van der Waals surface area contributed by atoms with E-state index in [4.69, 9.17) is 15.5 Å². The number of para-hydroxylation sites is 1. The quantitative estimate of drug-likeness (QED) is 0.481. The second-order valence-electron chi connectivity index (χ2n) is 6.93. The molecule has 3 N–H and O–H groups in total. The second-order valence-corrected chi connectivity index (χ2v) is 8.10. The molecule has 138 valence electrons. The fourth-order valence-electron chi connectivity index (χ4n) is 3.66. The van der Waals surface area contributed by atoms with E-state index in [1.54, 1.807) is 0 Å². The van der Waals surface area contributed by atoms with Gasteiger partial charge in [-0.25, -0.2) is 4.98 Å². The molecular weight excluding hydrogens is 344 g/mol. The van der Waals surface area contributed by atoms with Crippen molar-refractivity contribution < 1.29 is 4.74 Å². The second kappa shape index (κ2) is 8.08. The maximum atomic E-state index is 6.11. The van der Waals surface area contributed by atoms with Gasteiger partial charge in [0, 0.05) is 29.8 Å². The number of hydrogen-bond acceptors (Lipinski definition) is 4. The van der Waals surface area contributed by atoms with Crippen LogP contribution in [0.2, 0.25) is 0 Å². The van der Waals surface area contributed by atoms with Crippen LogP contribution in [0, 0.1) is 0 Å². The summed E-state index contributed by atoms with van der Waals surface area (Å²) in [7, 11) is 0. The Balaban J connectivity index is 1.27. The van der Waals surface area contributed by atoms with Gasteiger partial charge in [-0.3, -0.25) is 4.99 Å². The smallest absolute Gasteiger partial charge is 0.189 e. The predicted molar refractivity (Wildman–Crippen MR) is 106 cm³/mol. The molecule has 1 aromatic carbocycles. The molecule has 0 saturated heterocycles. The molecule has 1 aromatic heterocycles. The summed E-state index contributed by atoms with van der Waals surface area (Å²) >= 11 is 1.89. The minimum Gasteiger partial charge on any atom is -0.493 e. The summed E-state index contributed by atoms with van der Waals surface area (Å²) in [6.45, 7) is 1.44. The number of rotatable bonds is 5. The van der Waals surface area contributed by atoms with E-state index in [-0.39, 0.29) is 6.04 Å². The molecule has 1 atom stereocenters. The number of aryl methyl sites for hydroxylation is 3. The molecule has 2 aliphatic rings. The number of aromatic nitrogens is 1. The van der Waals surface area contributed by atoms with Crippen molar-refractivity contribution in [2.24, 2.45) is 10.7 Å². The largest absolute Gasteiger partial charge is 0.493 e. The Kier molecular flexibility index (Phi) is 5.39. The van der Waals surface area contributed by atoms with Crippen molar-refractivity contribution in [1.29, 1.82) is 0 Å². The van der Waals surface area contributed by atoms with E-state index in [0.29, 0.717) is 12.6 Å². The van der Waals surface area contributed by atoms with Crippen molar-refractivity contribution in [3.05, 3.63) is 45.4 Å². The first-order chi connectivity index (χ1) is 12.8. The highest BCUT2D eigenvalue weighted by molar-refractivity contribution is 7.11. The van der Waals surface area contributed by atoms with Crippen LogP contribution in [-0.2, 0) is 19.3 Å². The summed E-state index contributed by atoms with van der Waals surface area (Å²) in [5, 5.41) is 4.61. The highest BCUT2D eigenvalue weighted by Crippen LogP contribution is 2.31. The van der Waals surface area contributed by atoms with Gasteiger partial charge in [-0.05, 0) is 38.2 Å². The van der Waals surface area contributed by atoms with Gasteiger partial charge in [0.25, 0.3) is 0 Å². The normalized spacial score (nSPS) is 19.4. The van der Waals surface area contributed by atoms with E-state index in [9.17, 15) is 0 Å². The molecule has 1 unspecified atom stereocenters. The molecule has 0 amide bonds. The molecule has 4 rings (SSSR count). The summed E-state index contributed by atoms with van der Waals surface area (Å²) in [5.41, 5.74) is 8.61. The molecule has 5 nitrogen and oxygen atoms in total. The fourth-order valence-corrected chi connectivity index (χ4v) is 4.86. The first-order valence-electron chi connectivity index (χ1n) is 9.55. The fraction of sp³-hybridized carbons (Fsp3) is 0.500. The molecule has 0 fully saturated rings. The van der Waals surface area contributed by atoms with Crippen molar-refractivity contribution in [1.82, 2.24) is 10.3 Å². The van der Waals surface area contributed by atoms with Crippen LogP contribution in [0.5, 0.6) is 5.75 Å². The number of thiazole rings is 1. The molecular formula is C20H26N4OS. The summed E-state index contributed by atoms with van der Waals surface area (Å²) in [6, 6.07) is 8.29. The van der Waals surface area contributed by atoms with E-state index < -0.39 is 0 Å². The average Bonchev–Trinajstić information content (AvgIpc) is 3.08. The molecule has 0 spiro atoms. The Morgan fingerprint density at radius 1 is 1.31 bits per heavy atom. The van der Waals surface area contributed by atoms with Crippen LogP contribution < -0.4 is 15.8 Å². The van der Waals surface area contributed by atoms with Crippen molar-refractivity contribution in [2.45, 2.75) is 51.0 Å². The standard InChI is InChI=1S/C20H26N4OS/c21-20(24-15-11-13-25-17-8-3-1-6-14(15)17)22-12-5-10-19-23-16-7-2-4-9-18(16)26-19/h1,3,6,8,15H,2,4-5,7,9-13H2,(H3,21,22,24). The Hall–Kier alpha value is -2.08. The first-order valence-corrected chi connectivity index (χ1v) is 10.4. The summed E-state index contributed by atoms with van der Waals surface area (Å²) < 4.78 is 5.69. The van der Waals surface area contributed by atoms with Crippen LogP contribution in [-0.4, -0.2) is 24.1 Å². The molecule has 0 bridgehead atoms. The van der Waals surface area contributed by atoms with E-state index >= 15 is 0 Å². The number of aliphatic imine (C=N–C) groups is 1. The first kappa shape index (κ1) is 17.3. The van der Waals surface area contributed by atoms with Crippen LogP contribution >= 0.6 is 11.3 Å². The topological polar surface area (TPSA) is 72.5 Å². The Bertz CT molecular complexity index is 762. The maximum absolute atomic E-state index is 6.11. The number of nitrogens with two attached hydrogens (primary N) is 1. The van der Waals surface area contributed by atoms with Crippen molar-refractivity contribution in [3.63, 3.8) is 0 Å². The third kappa shape index (κ3) is 4.01. The predicted octanol–water partition coefficient (Wildman–Crippen LogP) is 3.38. The number of fused-ring (bicyclic) bond motifs is 2. The van der Waals surface area contributed by atoms with Crippen molar-refractivity contribution in [2.75, 3.05) is 13.2 Å². The van der Waals surface area contributed by atoms with Gasteiger partial charge in [0.1, 0.15) is 5.75 Å². The highest BCUT2D eigenvalue weighted by Gasteiger charge is 2.21. The minimum atomic E-state index is 0.175. The van der Waals surface area contributed by atoms with Gasteiger partial charge in [-0.15, -0.1) is 11.3 Å². The van der Waals surface area contributed by atoms with Gasteiger partial charge >= 0.3 is 0 Å². The molecule has 0 saturated carbocycles.